The zero-order chi connectivity index (χ0) is 23.6. The number of carbonyl (C=O) groups excluding carboxylic acids is 1. The smallest absolute Gasteiger partial charge is 0.322 e. The molecular weight excluding hydrogens is 420 g/mol. The maximum Gasteiger partial charge on any atom is 0.322 e. The molecule has 0 fully saturated rings. The minimum atomic E-state index is -1.08. The highest BCUT2D eigenvalue weighted by atomic mass is 16.5. The van der Waals surface area contributed by atoms with Crippen molar-refractivity contribution < 1.29 is 24.2 Å². The van der Waals surface area contributed by atoms with Crippen molar-refractivity contribution in [1.29, 1.82) is 0 Å². The van der Waals surface area contributed by atoms with Gasteiger partial charge in [0.15, 0.2) is 0 Å². The Morgan fingerprint density at radius 2 is 1.91 bits per heavy atom. The van der Waals surface area contributed by atoms with Gasteiger partial charge in [0, 0.05) is 25.1 Å². The lowest BCUT2D eigenvalue weighted by molar-refractivity contribution is -0.135. The Bertz CT molecular complexity index is 944. The average molecular weight is 455 g/mol. The van der Waals surface area contributed by atoms with Gasteiger partial charge < -0.3 is 19.9 Å². The number of benzene rings is 2. The molecule has 1 heterocycles. The fourth-order valence-electron chi connectivity index (χ4n) is 3.79. The van der Waals surface area contributed by atoms with Crippen molar-refractivity contribution in [3.8, 4) is 5.75 Å². The summed E-state index contributed by atoms with van der Waals surface area (Å²) >= 11 is 0. The van der Waals surface area contributed by atoms with Crippen LogP contribution in [0.2, 0.25) is 0 Å². The van der Waals surface area contributed by atoms with Crippen molar-refractivity contribution >= 4 is 11.9 Å². The molecular formula is C26H34N2O5. The highest BCUT2D eigenvalue weighted by Gasteiger charge is 2.14. The van der Waals surface area contributed by atoms with Crippen molar-refractivity contribution in [2.24, 2.45) is 5.92 Å². The van der Waals surface area contributed by atoms with E-state index >= 15 is 0 Å². The summed E-state index contributed by atoms with van der Waals surface area (Å²) in [5.74, 6) is -0.145. The number of hydrogen-bond acceptors (Lipinski definition) is 5. The van der Waals surface area contributed by atoms with Crippen LogP contribution in [0.25, 0.3) is 0 Å². The number of nitrogens with one attached hydrogen (secondary N) is 1. The maximum atomic E-state index is 12.4. The second-order valence-electron chi connectivity index (χ2n) is 8.82. The molecule has 2 N–H and O–H groups in total. The summed E-state index contributed by atoms with van der Waals surface area (Å²) in [4.78, 5) is 25.6. The Kier molecular flexibility index (Phi) is 9.27. The van der Waals surface area contributed by atoms with Crippen LogP contribution in [0.15, 0.2) is 42.5 Å². The van der Waals surface area contributed by atoms with Crippen LogP contribution in [-0.4, -0.2) is 61.3 Å². The van der Waals surface area contributed by atoms with Crippen LogP contribution in [0.1, 0.15) is 47.3 Å². The quantitative estimate of drug-likeness (QED) is 0.696. The molecule has 2 aromatic rings. The predicted octanol–water partition coefficient (Wildman–Crippen LogP) is 3.35. The summed E-state index contributed by atoms with van der Waals surface area (Å²) in [5, 5.41) is 11.2. The van der Waals surface area contributed by atoms with Crippen molar-refractivity contribution in [2.75, 3.05) is 39.5 Å². The van der Waals surface area contributed by atoms with Crippen molar-refractivity contribution in [2.45, 2.75) is 33.2 Å². The first-order chi connectivity index (χ1) is 15.9. The van der Waals surface area contributed by atoms with E-state index < -0.39 is 18.4 Å². The fraction of sp³-hybridized carbons (Fsp3) is 0.462. The van der Waals surface area contributed by atoms with E-state index in [4.69, 9.17) is 14.6 Å². The van der Waals surface area contributed by atoms with E-state index in [1.165, 1.54) is 5.56 Å². The summed E-state index contributed by atoms with van der Waals surface area (Å²) in [6.07, 6.45) is 1.75. The first-order valence-corrected chi connectivity index (χ1v) is 11.5. The predicted molar refractivity (Wildman–Crippen MR) is 127 cm³/mol. The lowest BCUT2D eigenvalue weighted by atomic mass is 9.99. The number of carboxylic acids is 1. The van der Waals surface area contributed by atoms with E-state index in [0.717, 1.165) is 37.2 Å². The molecule has 0 aromatic heterocycles. The molecule has 7 nitrogen and oxygen atoms in total. The Balaban J connectivity index is 1.83. The topological polar surface area (TPSA) is 88.1 Å². The van der Waals surface area contributed by atoms with Gasteiger partial charge in [0.05, 0.1) is 13.2 Å². The molecule has 0 radical (unpaired) electrons. The summed E-state index contributed by atoms with van der Waals surface area (Å²) in [6, 6.07) is 13.7. The molecule has 0 saturated carbocycles. The third-order valence-corrected chi connectivity index (χ3v) is 5.57. The minimum Gasteiger partial charge on any atom is -0.491 e. The number of fused-ring (bicyclic) bond motifs is 3. The molecule has 1 aliphatic heterocycles. The second kappa shape index (κ2) is 12.4. The normalized spacial score (nSPS) is 15.2. The second-order valence-corrected chi connectivity index (χ2v) is 8.82. The largest absolute Gasteiger partial charge is 0.491 e. The fourth-order valence-corrected chi connectivity index (χ4v) is 3.79. The Hall–Kier alpha value is -2.90. The van der Waals surface area contributed by atoms with Crippen LogP contribution in [0, 0.1) is 5.92 Å². The van der Waals surface area contributed by atoms with Gasteiger partial charge in [-0.15, -0.1) is 0 Å². The number of carbonyl (C=O) groups is 2. The lowest BCUT2D eigenvalue weighted by Gasteiger charge is -2.24. The molecule has 7 heteroatoms. The van der Waals surface area contributed by atoms with Crippen LogP contribution in [-0.2, 0) is 22.5 Å². The molecule has 0 atom stereocenters. The van der Waals surface area contributed by atoms with Gasteiger partial charge in [0.25, 0.3) is 5.91 Å². The van der Waals surface area contributed by atoms with Gasteiger partial charge in [-0.05, 0) is 53.8 Å². The average Bonchev–Trinajstić information content (AvgIpc) is 2.78. The molecule has 0 unspecified atom stereocenters. The maximum absolute atomic E-state index is 12.4. The van der Waals surface area contributed by atoms with Crippen molar-refractivity contribution in [3.05, 3.63) is 64.7 Å². The van der Waals surface area contributed by atoms with Crippen LogP contribution in [0.3, 0.4) is 0 Å². The number of carboxylic acid groups (broad SMARTS) is 1. The number of aliphatic carboxylic acids is 1. The first-order valence-electron chi connectivity index (χ1n) is 11.5. The zero-order valence-electron chi connectivity index (χ0n) is 19.5. The summed E-state index contributed by atoms with van der Waals surface area (Å²) in [6.45, 7) is 8.40. The van der Waals surface area contributed by atoms with E-state index in [-0.39, 0.29) is 0 Å². The summed E-state index contributed by atoms with van der Waals surface area (Å²) in [5.41, 5.74) is 3.67. The molecule has 0 aliphatic carbocycles. The number of rotatable bonds is 6. The van der Waals surface area contributed by atoms with Crippen LogP contribution in [0.4, 0.5) is 0 Å². The molecule has 0 spiro atoms. The third kappa shape index (κ3) is 8.18. The third-order valence-electron chi connectivity index (χ3n) is 5.57. The number of ether oxygens (including phenoxy) is 2. The van der Waals surface area contributed by atoms with Gasteiger partial charge in [-0.2, -0.15) is 0 Å². The molecule has 2 bridgehead atoms. The molecule has 1 aliphatic rings. The molecule has 178 valence electrons. The van der Waals surface area contributed by atoms with Crippen LogP contribution < -0.4 is 10.1 Å². The lowest BCUT2D eigenvalue weighted by Crippen LogP contribution is -2.30. The Morgan fingerprint density at radius 3 is 2.70 bits per heavy atom. The summed E-state index contributed by atoms with van der Waals surface area (Å²) in [7, 11) is 0. The molecule has 0 saturated heterocycles. The van der Waals surface area contributed by atoms with Gasteiger partial charge in [-0.25, -0.2) is 0 Å². The van der Waals surface area contributed by atoms with Crippen molar-refractivity contribution in [1.82, 2.24) is 10.2 Å². The van der Waals surface area contributed by atoms with Gasteiger partial charge in [0.1, 0.15) is 18.9 Å². The number of nitrogens with zero attached hydrogens (tertiary/aromatic N) is 1. The summed E-state index contributed by atoms with van der Waals surface area (Å²) < 4.78 is 11.8. The molecule has 2 aromatic carbocycles. The molecule has 1 amide bonds. The monoisotopic (exact) mass is 454 g/mol. The van der Waals surface area contributed by atoms with Crippen molar-refractivity contribution in [3.63, 3.8) is 0 Å². The van der Waals surface area contributed by atoms with E-state index in [2.05, 4.69) is 48.3 Å². The van der Waals surface area contributed by atoms with Gasteiger partial charge in [-0.3, -0.25) is 14.5 Å². The van der Waals surface area contributed by atoms with Gasteiger partial charge in [-0.1, -0.05) is 38.1 Å². The SMILES string of the molecule is CC(C)CCN1CCOCCOc2ccc(C(=O)NCC(=O)O)cc2Cc2cccc(c2)C1. The Morgan fingerprint density at radius 1 is 1.09 bits per heavy atom. The molecule has 33 heavy (non-hydrogen) atoms. The van der Waals surface area contributed by atoms with E-state index in [0.29, 0.717) is 43.5 Å². The number of amides is 1. The Labute approximate surface area is 195 Å². The first kappa shape index (κ1) is 24.7. The highest BCUT2D eigenvalue weighted by molar-refractivity contribution is 5.96. The van der Waals surface area contributed by atoms with E-state index in [9.17, 15) is 9.59 Å². The van der Waals surface area contributed by atoms with Gasteiger partial charge >= 0.3 is 5.97 Å². The zero-order valence-corrected chi connectivity index (χ0v) is 19.5. The molecule has 3 rings (SSSR count). The van der Waals surface area contributed by atoms with Gasteiger partial charge in [0.2, 0.25) is 0 Å². The standard InChI is InChI=1S/C26H34N2O5/c1-19(2)8-9-28-10-11-32-12-13-33-24-7-6-22(26(31)27-17-25(29)30)16-23(24)15-20-4-3-5-21(14-20)18-28/h3-7,14,16,19H,8-13,15,17-18H2,1-2H3,(H,27,31)(H,29,30). The van der Waals surface area contributed by atoms with Crippen LogP contribution >= 0.6 is 0 Å². The number of hydrogen-bond donors (Lipinski definition) is 2. The van der Waals surface area contributed by atoms with E-state index in [1.54, 1.807) is 18.2 Å². The minimum absolute atomic E-state index is 0.409. The van der Waals surface area contributed by atoms with Crippen LogP contribution in [0.5, 0.6) is 5.75 Å². The highest BCUT2D eigenvalue weighted by Crippen LogP contribution is 2.24. The van der Waals surface area contributed by atoms with E-state index in [1.807, 2.05) is 0 Å².